The van der Waals surface area contributed by atoms with E-state index in [1.165, 1.54) is 0 Å². The lowest BCUT2D eigenvalue weighted by atomic mass is 9.91. The SMILES string of the molecule is CCC(C(=O)O)C(O)c1ccc(OCc2ccccc2)cc1C. The number of aliphatic hydroxyl groups excluding tert-OH is 1. The number of hydrogen-bond acceptors (Lipinski definition) is 3. The second-order valence-electron chi connectivity index (χ2n) is 5.59. The van der Waals surface area contributed by atoms with E-state index in [1.807, 2.05) is 43.3 Å². The number of carboxylic acids is 1. The summed E-state index contributed by atoms with van der Waals surface area (Å²) in [5.41, 5.74) is 2.53. The minimum absolute atomic E-state index is 0.377. The van der Waals surface area contributed by atoms with Crippen molar-refractivity contribution in [2.75, 3.05) is 0 Å². The molecule has 4 nitrogen and oxygen atoms in total. The van der Waals surface area contributed by atoms with Gasteiger partial charge in [0, 0.05) is 0 Å². The Labute approximate surface area is 136 Å². The second-order valence-corrected chi connectivity index (χ2v) is 5.59. The van der Waals surface area contributed by atoms with Gasteiger partial charge in [0.1, 0.15) is 12.4 Å². The molecule has 0 amide bonds. The number of hydrogen-bond donors (Lipinski definition) is 2. The van der Waals surface area contributed by atoms with Crippen LogP contribution in [0.1, 0.15) is 36.1 Å². The fraction of sp³-hybridized carbons (Fsp3) is 0.316. The first-order chi connectivity index (χ1) is 11.0. The summed E-state index contributed by atoms with van der Waals surface area (Å²) >= 11 is 0. The monoisotopic (exact) mass is 314 g/mol. The van der Waals surface area contributed by atoms with Gasteiger partial charge in [-0.1, -0.05) is 43.3 Å². The standard InChI is InChI=1S/C19H22O4/c1-3-16(19(21)22)18(20)17-10-9-15(11-13(17)2)23-12-14-7-5-4-6-8-14/h4-11,16,18,20H,3,12H2,1-2H3,(H,21,22). The van der Waals surface area contributed by atoms with E-state index in [4.69, 9.17) is 4.74 Å². The van der Waals surface area contributed by atoms with Gasteiger partial charge in [-0.15, -0.1) is 0 Å². The van der Waals surface area contributed by atoms with Crippen molar-refractivity contribution in [3.8, 4) is 5.75 Å². The molecule has 122 valence electrons. The van der Waals surface area contributed by atoms with E-state index in [0.717, 1.165) is 11.1 Å². The van der Waals surface area contributed by atoms with Crippen LogP contribution in [0.15, 0.2) is 48.5 Å². The smallest absolute Gasteiger partial charge is 0.309 e. The molecule has 2 rings (SSSR count). The van der Waals surface area contributed by atoms with Crippen molar-refractivity contribution in [3.63, 3.8) is 0 Å². The lowest BCUT2D eigenvalue weighted by Crippen LogP contribution is -2.21. The summed E-state index contributed by atoms with van der Waals surface area (Å²) in [7, 11) is 0. The lowest BCUT2D eigenvalue weighted by molar-refractivity contribution is -0.146. The normalized spacial score (nSPS) is 13.3. The molecule has 0 aromatic heterocycles. The third-order valence-corrected chi connectivity index (χ3v) is 3.95. The van der Waals surface area contributed by atoms with E-state index in [-0.39, 0.29) is 0 Å². The molecule has 0 radical (unpaired) electrons. The predicted molar refractivity (Wildman–Crippen MR) is 88.3 cm³/mol. The van der Waals surface area contributed by atoms with Gasteiger partial charge in [0.2, 0.25) is 0 Å². The van der Waals surface area contributed by atoms with Crippen LogP contribution in [0.25, 0.3) is 0 Å². The van der Waals surface area contributed by atoms with Crippen LogP contribution in [0.5, 0.6) is 5.75 Å². The molecule has 0 heterocycles. The zero-order valence-corrected chi connectivity index (χ0v) is 13.4. The quantitative estimate of drug-likeness (QED) is 0.817. The van der Waals surface area contributed by atoms with Crippen molar-refractivity contribution in [1.82, 2.24) is 0 Å². The van der Waals surface area contributed by atoms with Crippen molar-refractivity contribution in [2.24, 2.45) is 5.92 Å². The van der Waals surface area contributed by atoms with E-state index in [9.17, 15) is 15.0 Å². The maximum absolute atomic E-state index is 11.2. The van der Waals surface area contributed by atoms with Gasteiger partial charge in [0.05, 0.1) is 12.0 Å². The molecule has 0 aliphatic heterocycles. The Morgan fingerprint density at radius 3 is 2.43 bits per heavy atom. The minimum Gasteiger partial charge on any atom is -0.489 e. The van der Waals surface area contributed by atoms with Crippen LogP contribution in [0.2, 0.25) is 0 Å². The van der Waals surface area contributed by atoms with Crippen molar-refractivity contribution < 1.29 is 19.7 Å². The molecule has 4 heteroatoms. The van der Waals surface area contributed by atoms with Crippen LogP contribution < -0.4 is 4.74 Å². The molecule has 2 atom stereocenters. The Morgan fingerprint density at radius 2 is 1.87 bits per heavy atom. The zero-order valence-electron chi connectivity index (χ0n) is 13.4. The van der Waals surface area contributed by atoms with Crippen LogP contribution in [-0.4, -0.2) is 16.2 Å². The highest BCUT2D eigenvalue weighted by atomic mass is 16.5. The first-order valence-electron chi connectivity index (χ1n) is 7.71. The molecular formula is C19H22O4. The number of aliphatic hydroxyl groups is 1. The predicted octanol–water partition coefficient (Wildman–Crippen LogP) is 3.72. The number of carboxylic acid groups (broad SMARTS) is 1. The molecule has 2 aromatic carbocycles. The van der Waals surface area contributed by atoms with Gasteiger partial charge < -0.3 is 14.9 Å². The molecule has 0 aliphatic carbocycles. The van der Waals surface area contributed by atoms with Gasteiger partial charge >= 0.3 is 5.97 Å². The Balaban J connectivity index is 2.09. The fourth-order valence-electron chi connectivity index (χ4n) is 2.56. The Morgan fingerprint density at radius 1 is 1.17 bits per heavy atom. The first-order valence-corrected chi connectivity index (χ1v) is 7.71. The highest BCUT2D eigenvalue weighted by Crippen LogP contribution is 2.29. The average molecular weight is 314 g/mol. The van der Waals surface area contributed by atoms with Gasteiger partial charge in [0.25, 0.3) is 0 Å². The molecule has 0 spiro atoms. The summed E-state index contributed by atoms with van der Waals surface area (Å²) in [6, 6.07) is 15.2. The number of ether oxygens (including phenoxy) is 1. The van der Waals surface area contributed by atoms with Gasteiger partial charge in [-0.25, -0.2) is 0 Å². The van der Waals surface area contributed by atoms with Gasteiger partial charge in [-0.05, 0) is 42.2 Å². The molecule has 0 aliphatic rings. The van der Waals surface area contributed by atoms with Gasteiger partial charge in [-0.3, -0.25) is 4.79 Å². The number of benzene rings is 2. The summed E-state index contributed by atoms with van der Waals surface area (Å²) in [4.78, 5) is 11.2. The van der Waals surface area contributed by atoms with Crippen molar-refractivity contribution in [3.05, 3.63) is 65.2 Å². The van der Waals surface area contributed by atoms with E-state index in [2.05, 4.69) is 0 Å². The molecular weight excluding hydrogens is 292 g/mol. The topological polar surface area (TPSA) is 66.8 Å². The number of aliphatic carboxylic acids is 1. The van der Waals surface area contributed by atoms with Crippen molar-refractivity contribution >= 4 is 5.97 Å². The van der Waals surface area contributed by atoms with E-state index in [0.29, 0.717) is 24.3 Å². The van der Waals surface area contributed by atoms with Crippen LogP contribution in [0.3, 0.4) is 0 Å². The number of carbonyl (C=O) groups is 1. The zero-order chi connectivity index (χ0) is 16.8. The van der Waals surface area contributed by atoms with Gasteiger partial charge in [0.15, 0.2) is 0 Å². The van der Waals surface area contributed by atoms with Crippen molar-refractivity contribution in [2.45, 2.75) is 33.0 Å². The molecule has 0 saturated carbocycles. The molecule has 0 bridgehead atoms. The maximum atomic E-state index is 11.2. The molecule has 2 aromatic rings. The Kier molecular flexibility index (Phi) is 5.77. The largest absolute Gasteiger partial charge is 0.489 e. The maximum Gasteiger partial charge on any atom is 0.309 e. The first kappa shape index (κ1) is 17.0. The summed E-state index contributed by atoms with van der Waals surface area (Å²) in [6.07, 6.45) is -0.636. The van der Waals surface area contributed by atoms with E-state index in [1.54, 1.807) is 19.1 Å². The summed E-state index contributed by atoms with van der Waals surface area (Å²) < 4.78 is 5.74. The number of rotatable bonds is 7. The summed E-state index contributed by atoms with van der Waals surface area (Å²) in [5.74, 6) is -1.08. The Hall–Kier alpha value is -2.33. The third-order valence-electron chi connectivity index (χ3n) is 3.95. The molecule has 2 N–H and O–H groups in total. The van der Waals surface area contributed by atoms with Gasteiger partial charge in [-0.2, -0.15) is 0 Å². The molecule has 23 heavy (non-hydrogen) atoms. The summed E-state index contributed by atoms with van der Waals surface area (Å²) in [5, 5.41) is 19.5. The highest BCUT2D eigenvalue weighted by molar-refractivity contribution is 5.71. The molecule has 0 fully saturated rings. The third kappa shape index (κ3) is 4.33. The Bertz CT molecular complexity index is 652. The van der Waals surface area contributed by atoms with E-state index < -0.39 is 18.0 Å². The lowest BCUT2D eigenvalue weighted by Gasteiger charge is -2.20. The van der Waals surface area contributed by atoms with Crippen LogP contribution in [0.4, 0.5) is 0 Å². The van der Waals surface area contributed by atoms with Crippen LogP contribution in [-0.2, 0) is 11.4 Å². The minimum atomic E-state index is -1.01. The summed E-state index contributed by atoms with van der Waals surface area (Å²) in [6.45, 7) is 4.08. The van der Waals surface area contributed by atoms with E-state index >= 15 is 0 Å². The van der Waals surface area contributed by atoms with Crippen LogP contribution in [0, 0.1) is 12.8 Å². The average Bonchev–Trinajstić information content (AvgIpc) is 2.54. The van der Waals surface area contributed by atoms with Crippen molar-refractivity contribution in [1.29, 1.82) is 0 Å². The fourth-order valence-corrected chi connectivity index (χ4v) is 2.56. The molecule has 0 saturated heterocycles. The van der Waals surface area contributed by atoms with Crippen LogP contribution >= 0.6 is 0 Å². The number of aryl methyl sites for hydroxylation is 1. The second kappa shape index (κ2) is 7.79. The molecule has 2 unspecified atom stereocenters. The highest BCUT2D eigenvalue weighted by Gasteiger charge is 2.27.